The van der Waals surface area contributed by atoms with Gasteiger partial charge in [-0.25, -0.2) is 9.82 Å². The lowest BCUT2D eigenvalue weighted by molar-refractivity contribution is 0.280. The van der Waals surface area contributed by atoms with Gasteiger partial charge in [0.2, 0.25) is 0 Å². The van der Waals surface area contributed by atoms with Crippen LogP contribution in [0.25, 0.3) is 22.1 Å². The molecule has 0 aliphatic carbocycles. The molecule has 5 aromatic rings. The number of ether oxygens (including phenoxy) is 2. The van der Waals surface area contributed by atoms with Crippen molar-refractivity contribution < 1.29 is 13.9 Å². The Hall–Kier alpha value is -4.24. The Morgan fingerprint density at radius 1 is 1.09 bits per heavy atom. The molecule has 0 spiro atoms. The Kier molecular flexibility index (Phi) is 5.92. The lowest BCUT2D eigenvalue weighted by Crippen LogP contribution is -2.02. The van der Waals surface area contributed by atoms with E-state index in [4.69, 9.17) is 21.1 Å². The van der Waals surface area contributed by atoms with Crippen LogP contribution in [0.15, 0.2) is 65.8 Å². The highest BCUT2D eigenvalue weighted by Crippen LogP contribution is 2.30. The number of hydrogen-bond acceptors (Lipinski definition) is 7. The monoisotopic (exact) mass is 476 g/mol. The first-order chi connectivity index (χ1) is 16.6. The second kappa shape index (κ2) is 9.32. The summed E-state index contributed by atoms with van der Waals surface area (Å²) in [6, 6.07) is 17.5. The molecule has 0 bridgehead atoms. The molecule has 2 heterocycles. The van der Waals surface area contributed by atoms with Gasteiger partial charge in [-0.1, -0.05) is 35.9 Å². The fourth-order valence-corrected chi connectivity index (χ4v) is 3.65. The van der Waals surface area contributed by atoms with Gasteiger partial charge >= 0.3 is 0 Å². The molecule has 0 aliphatic rings. The minimum atomic E-state index is -0.427. The quantitative estimate of drug-likeness (QED) is 0.243. The number of anilines is 1. The average molecular weight is 477 g/mol. The van der Waals surface area contributed by atoms with Crippen molar-refractivity contribution in [3.05, 3.63) is 82.6 Å². The summed E-state index contributed by atoms with van der Waals surface area (Å²) in [6.07, 6.45) is 1.58. The van der Waals surface area contributed by atoms with E-state index < -0.39 is 5.82 Å². The zero-order chi connectivity index (χ0) is 23.5. The SMILES string of the molecule is COc1cc(/C=N/Nc2nnc3c(n2)[nH]c2ccccc23)ccc1OCc1c(F)cccc1Cl. The van der Waals surface area contributed by atoms with E-state index in [-0.39, 0.29) is 18.1 Å². The number of H-pyrrole nitrogens is 1. The van der Waals surface area contributed by atoms with E-state index in [1.54, 1.807) is 36.5 Å². The Labute approximate surface area is 198 Å². The molecular weight excluding hydrogens is 459 g/mol. The smallest absolute Gasteiger partial charge is 0.265 e. The van der Waals surface area contributed by atoms with E-state index in [1.807, 2.05) is 24.3 Å². The van der Waals surface area contributed by atoms with Crippen molar-refractivity contribution in [3.8, 4) is 11.5 Å². The first-order valence-electron chi connectivity index (χ1n) is 10.3. The summed E-state index contributed by atoms with van der Waals surface area (Å²) in [7, 11) is 1.52. The van der Waals surface area contributed by atoms with E-state index in [9.17, 15) is 4.39 Å². The molecule has 3 aromatic carbocycles. The minimum absolute atomic E-state index is 0.0303. The number of halogens is 2. The molecule has 170 valence electrons. The van der Waals surface area contributed by atoms with Crippen molar-refractivity contribution in [1.29, 1.82) is 0 Å². The van der Waals surface area contributed by atoms with Crippen molar-refractivity contribution >= 4 is 45.8 Å². The second-order valence-electron chi connectivity index (χ2n) is 7.27. The number of methoxy groups -OCH3 is 1. The predicted octanol–water partition coefficient (Wildman–Crippen LogP) is 5.33. The summed E-state index contributed by atoms with van der Waals surface area (Å²) in [5.41, 5.74) is 6.04. The normalized spacial score (nSPS) is 11.4. The van der Waals surface area contributed by atoms with Crippen molar-refractivity contribution in [3.63, 3.8) is 0 Å². The molecule has 0 saturated heterocycles. The first-order valence-corrected chi connectivity index (χ1v) is 10.6. The van der Waals surface area contributed by atoms with E-state index in [1.165, 1.54) is 13.2 Å². The maximum atomic E-state index is 14.0. The topological polar surface area (TPSA) is 97.3 Å². The van der Waals surface area contributed by atoms with Crippen molar-refractivity contribution in [2.45, 2.75) is 6.61 Å². The number of nitrogens with zero attached hydrogens (tertiary/aromatic N) is 4. The first kappa shape index (κ1) is 21.6. The van der Waals surface area contributed by atoms with Gasteiger partial charge in [-0.05, 0) is 42.0 Å². The standard InChI is InChI=1S/C24H18ClFN6O2/c1-33-21-11-14(9-10-20(21)34-13-16-17(25)6-4-7-18(16)26)12-27-31-24-29-23-22(30-32-24)15-5-2-3-8-19(15)28-23/h2-12H,13H2,1H3,(H2,28,29,31,32)/b27-12+. The average Bonchev–Trinajstić information content (AvgIpc) is 3.22. The highest BCUT2D eigenvalue weighted by Gasteiger charge is 2.11. The highest BCUT2D eigenvalue weighted by molar-refractivity contribution is 6.31. The zero-order valence-electron chi connectivity index (χ0n) is 17.9. The van der Waals surface area contributed by atoms with Crippen LogP contribution in [0.4, 0.5) is 10.3 Å². The predicted molar refractivity (Wildman–Crippen MR) is 129 cm³/mol. The third-order valence-corrected chi connectivity index (χ3v) is 5.48. The number of nitrogens with one attached hydrogen (secondary N) is 2. The molecule has 0 saturated carbocycles. The number of hydrazone groups is 1. The van der Waals surface area contributed by atoms with Crippen molar-refractivity contribution in [2.75, 3.05) is 12.5 Å². The van der Waals surface area contributed by atoms with Crippen LogP contribution in [-0.2, 0) is 6.61 Å². The van der Waals surface area contributed by atoms with E-state index in [0.717, 1.165) is 16.5 Å². The van der Waals surface area contributed by atoms with Crippen molar-refractivity contribution in [1.82, 2.24) is 20.2 Å². The minimum Gasteiger partial charge on any atom is -0.493 e. The molecule has 0 fully saturated rings. The van der Waals surface area contributed by atoms with Crippen LogP contribution < -0.4 is 14.9 Å². The van der Waals surface area contributed by atoms with Gasteiger partial charge in [0.1, 0.15) is 17.9 Å². The van der Waals surface area contributed by atoms with Gasteiger partial charge < -0.3 is 14.5 Å². The zero-order valence-corrected chi connectivity index (χ0v) is 18.7. The van der Waals surface area contributed by atoms with E-state index in [0.29, 0.717) is 27.7 Å². The molecule has 34 heavy (non-hydrogen) atoms. The Balaban J connectivity index is 1.28. The number of aromatic amines is 1. The molecule has 8 nitrogen and oxygen atoms in total. The molecule has 0 aliphatic heterocycles. The van der Waals surface area contributed by atoms with E-state index >= 15 is 0 Å². The van der Waals surface area contributed by atoms with Gasteiger partial charge in [0, 0.05) is 16.5 Å². The number of rotatable bonds is 7. The van der Waals surface area contributed by atoms with Gasteiger partial charge in [-0.2, -0.15) is 10.1 Å². The molecule has 0 amide bonds. The van der Waals surface area contributed by atoms with Crippen LogP contribution in [-0.4, -0.2) is 33.5 Å². The molecule has 2 N–H and O–H groups in total. The Morgan fingerprint density at radius 3 is 2.82 bits per heavy atom. The van der Waals surface area contributed by atoms with Gasteiger partial charge in [0.05, 0.1) is 18.3 Å². The van der Waals surface area contributed by atoms with E-state index in [2.05, 4.69) is 30.7 Å². The van der Waals surface area contributed by atoms with Gasteiger partial charge in [-0.15, -0.1) is 10.2 Å². The molecular formula is C24H18ClFN6O2. The summed E-state index contributed by atoms with van der Waals surface area (Å²) in [5.74, 6) is 0.741. The second-order valence-corrected chi connectivity index (χ2v) is 7.68. The summed E-state index contributed by atoms with van der Waals surface area (Å²) < 4.78 is 25.1. The van der Waals surface area contributed by atoms with Gasteiger partial charge in [0.25, 0.3) is 5.95 Å². The number of fused-ring (bicyclic) bond motifs is 3. The van der Waals surface area contributed by atoms with Crippen LogP contribution in [0.5, 0.6) is 11.5 Å². The molecule has 5 rings (SSSR count). The van der Waals surface area contributed by atoms with Crippen LogP contribution in [0, 0.1) is 5.82 Å². The van der Waals surface area contributed by atoms with Crippen LogP contribution in [0.2, 0.25) is 5.02 Å². The number of para-hydroxylation sites is 1. The third-order valence-electron chi connectivity index (χ3n) is 5.12. The van der Waals surface area contributed by atoms with Gasteiger partial charge in [0.15, 0.2) is 17.1 Å². The third kappa shape index (κ3) is 4.33. The largest absolute Gasteiger partial charge is 0.493 e. The highest BCUT2D eigenvalue weighted by atomic mass is 35.5. The van der Waals surface area contributed by atoms with Crippen LogP contribution in [0.3, 0.4) is 0 Å². The van der Waals surface area contributed by atoms with Gasteiger partial charge in [-0.3, -0.25) is 0 Å². The number of aromatic nitrogens is 4. The molecule has 0 atom stereocenters. The summed E-state index contributed by atoms with van der Waals surface area (Å²) in [4.78, 5) is 7.63. The molecule has 2 aromatic heterocycles. The summed E-state index contributed by atoms with van der Waals surface area (Å²) in [5, 5.41) is 13.8. The maximum absolute atomic E-state index is 14.0. The lowest BCUT2D eigenvalue weighted by atomic mass is 10.2. The lowest BCUT2D eigenvalue weighted by Gasteiger charge is -2.12. The molecule has 0 radical (unpaired) electrons. The maximum Gasteiger partial charge on any atom is 0.265 e. The van der Waals surface area contributed by atoms with Crippen LogP contribution >= 0.6 is 11.6 Å². The summed E-state index contributed by atoms with van der Waals surface area (Å²) in [6.45, 7) is -0.0303. The summed E-state index contributed by atoms with van der Waals surface area (Å²) >= 11 is 6.06. The Bertz CT molecular complexity index is 1500. The number of hydrogen-bond donors (Lipinski definition) is 2. The van der Waals surface area contributed by atoms with Crippen molar-refractivity contribution in [2.24, 2.45) is 5.10 Å². The fourth-order valence-electron chi connectivity index (χ4n) is 3.44. The molecule has 10 heteroatoms. The fraction of sp³-hybridized carbons (Fsp3) is 0.0833. The molecule has 0 unspecified atom stereocenters. The van der Waals surface area contributed by atoms with Crippen LogP contribution in [0.1, 0.15) is 11.1 Å². The number of benzene rings is 3. The Morgan fingerprint density at radius 2 is 1.97 bits per heavy atom.